The minimum absolute atomic E-state index is 0.118. The Morgan fingerprint density at radius 2 is 1.97 bits per heavy atom. The third kappa shape index (κ3) is 4.40. The molecule has 0 aliphatic carbocycles. The number of halogens is 4. The predicted octanol–water partition coefficient (Wildman–Crippen LogP) is 4.75. The zero-order valence-electron chi connectivity index (χ0n) is 15.9. The number of pyridine rings is 1. The summed E-state index contributed by atoms with van der Waals surface area (Å²) in [5.41, 5.74) is 0.583. The second-order valence-electron chi connectivity index (χ2n) is 6.45. The second-order valence-corrected chi connectivity index (χ2v) is 6.45. The van der Waals surface area contributed by atoms with Gasteiger partial charge in [-0.15, -0.1) is 0 Å². The van der Waals surface area contributed by atoms with Crippen LogP contribution in [0.25, 0.3) is 22.2 Å². The maximum absolute atomic E-state index is 13.9. The first-order chi connectivity index (χ1) is 15.2. The molecule has 0 aliphatic rings. The molecule has 3 heterocycles. The number of ether oxygens (including phenoxy) is 1. The average molecular weight is 448 g/mol. The van der Waals surface area contributed by atoms with Gasteiger partial charge in [0.2, 0.25) is 11.8 Å². The Hall–Kier alpha value is -4.29. The van der Waals surface area contributed by atoms with Crippen molar-refractivity contribution in [2.24, 2.45) is 0 Å². The maximum atomic E-state index is 13.9. The molecule has 0 atom stereocenters. The minimum atomic E-state index is -4.73. The highest BCUT2D eigenvalue weighted by Gasteiger charge is 2.30. The van der Waals surface area contributed by atoms with Gasteiger partial charge < -0.3 is 15.0 Å². The molecule has 4 rings (SSSR count). The van der Waals surface area contributed by atoms with Crippen LogP contribution in [0.15, 0.2) is 48.8 Å². The summed E-state index contributed by atoms with van der Waals surface area (Å²) in [5.74, 6) is -2.54. The monoisotopic (exact) mass is 448 g/mol. The van der Waals surface area contributed by atoms with E-state index < -0.39 is 40.9 Å². The predicted molar refractivity (Wildman–Crippen MR) is 105 cm³/mol. The first-order valence-corrected chi connectivity index (χ1v) is 8.92. The number of hydrogen-bond donors (Lipinski definition) is 2. The number of H-pyrrole nitrogens is 1. The molecule has 13 heteroatoms. The van der Waals surface area contributed by atoms with E-state index in [4.69, 9.17) is 0 Å². The van der Waals surface area contributed by atoms with Gasteiger partial charge in [0, 0.05) is 28.9 Å². The zero-order valence-corrected chi connectivity index (χ0v) is 15.9. The van der Waals surface area contributed by atoms with Crippen molar-refractivity contribution in [3.63, 3.8) is 0 Å². The van der Waals surface area contributed by atoms with Crippen LogP contribution in [-0.2, 0) is 0 Å². The number of aromatic amines is 1. The molecule has 2 N–H and O–H groups in total. The van der Waals surface area contributed by atoms with E-state index in [0.29, 0.717) is 11.8 Å². The van der Waals surface area contributed by atoms with Gasteiger partial charge in [0.1, 0.15) is 5.69 Å². The van der Waals surface area contributed by atoms with Gasteiger partial charge >= 0.3 is 11.9 Å². The highest BCUT2D eigenvalue weighted by Crippen LogP contribution is 2.33. The summed E-state index contributed by atoms with van der Waals surface area (Å²) in [5, 5.41) is 14.4. The molecule has 0 fully saturated rings. The number of aromatic nitrogens is 4. The van der Waals surface area contributed by atoms with Crippen molar-refractivity contribution in [3.05, 3.63) is 64.9 Å². The second kappa shape index (κ2) is 8.09. The summed E-state index contributed by atoms with van der Waals surface area (Å²) in [6, 6.07) is 9.70. The van der Waals surface area contributed by atoms with Crippen molar-refractivity contribution in [2.75, 3.05) is 11.9 Å². The lowest BCUT2D eigenvalue weighted by Crippen LogP contribution is -2.20. The van der Waals surface area contributed by atoms with Crippen LogP contribution in [-0.4, -0.2) is 37.6 Å². The van der Waals surface area contributed by atoms with Gasteiger partial charge in [-0.2, -0.15) is 22.5 Å². The Labute approximate surface area is 176 Å². The van der Waals surface area contributed by atoms with E-state index in [1.54, 1.807) is 12.3 Å². The van der Waals surface area contributed by atoms with Crippen LogP contribution in [0, 0.1) is 16.1 Å². The SMILES string of the molecule is O=[N+]([O-])c1cc(Nc2nccc(-c3c[nH]c4ccccc34)n2)c(OCC(F)(F)F)nc1F. The number of para-hydroxylation sites is 1. The molecule has 1 aromatic carbocycles. The Balaban J connectivity index is 1.71. The lowest BCUT2D eigenvalue weighted by molar-refractivity contribution is -0.388. The number of hydrogen-bond acceptors (Lipinski definition) is 7. The summed E-state index contributed by atoms with van der Waals surface area (Å²) in [4.78, 5) is 24.5. The highest BCUT2D eigenvalue weighted by atomic mass is 19.4. The van der Waals surface area contributed by atoms with E-state index in [1.807, 2.05) is 24.3 Å². The summed E-state index contributed by atoms with van der Waals surface area (Å²) < 4.78 is 56.0. The van der Waals surface area contributed by atoms with Crippen molar-refractivity contribution in [3.8, 4) is 17.1 Å². The molecule has 0 amide bonds. The van der Waals surface area contributed by atoms with E-state index in [-0.39, 0.29) is 5.95 Å². The molecule has 0 unspecified atom stereocenters. The molecule has 164 valence electrons. The first-order valence-electron chi connectivity index (χ1n) is 8.92. The summed E-state index contributed by atoms with van der Waals surface area (Å²) >= 11 is 0. The van der Waals surface area contributed by atoms with E-state index in [1.165, 1.54) is 6.20 Å². The van der Waals surface area contributed by atoms with Gasteiger partial charge in [-0.25, -0.2) is 9.97 Å². The van der Waals surface area contributed by atoms with Crippen molar-refractivity contribution in [1.29, 1.82) is 0 Å². The number of nitrogens with zero attached hydrogens (tertiary/aromatic N) is 4. The van der Waals surface area contributed by atoms with E-state index in [9.17, 15) is 27.7 Å². The van der Waals surface area contributed by atoms with Gasteiger partial charge in [0.15, 0.2) is 6.61 Å². The van der Waals surface area contributed by atoms with Crippen LogP contribution in [0.3, 0.4) is 0 Å². The molecule has 32 heavy (non-hydrogen) atoms. The van der Waals surface area contributed by atoms with Crippen LogP contribution < -0.4 is 10.1 Å². The molecule has 9 nitrogen and oxygen atoms in total. The molecular weight excluding hydrogens is 436 g/mol. The fourth-order valence-electron chi connectivity index (χ4n) is 2.92. The molecule has 0 saturated carbocycles. The van der Waals surface area contributed by atoms with Crippen LogP contribution >= 0.6 is 0 Å². The number of benzene rings is 1. The smallest absolute Gasteiger partial charge is 0.422 e. The first kappa shape index (κ1) is 21.0. The quantitative estimate of drug-likeness (QED) is 0.189. The largest absolute Gasteiger partial charge is 0.466 e. The minimum Gasteiger partial charge on any atom is -0.466 e. The molecule has 3 aromatic heterocycles. The third-order valence-corrected chi connectivity index (χ3v) is 4.26. The van der Waals surface area contributed by atoms with Gasteiger partial charge in [-0.3, -0.25) is 10.1 Å². The van der Waals surface area contributed by atoms with Gasteiger partial charge in [-0.05, 0) is 12.1 Å². The number of anilines is 2. The number of nitro groups is 1. The highest BCUT2D eigenvalue weighted by molar-refractivity contribution is 5.94. The molecule has 0 saturated heterocycles. The molecular formula is C19H12F4N6O3. The fourth-order valence-corrected chi connectivity index (χ4v) is 2.92. The van der Waals surface area contributed by atoms with Gasteiger partial charge in [0.05, 0.1) is 16.7 Å². The summed E-state index contributed by atoms with van der Waals surface area (Å²) in [6.07, 6.45) is -1.63. The summed E-state index contributed by atoms with van der Waals surface area (Å²) in [6.45, 7) is -1.78. The van der Waals surface area contributed by atoms with Gasteiger partial charge in [0.25, 0.3) is 5.95 Å². The Morgan fingerprint density at radius 1 is 1.19 bits per heavy atom. The third-order valence-electron chi connectivity index (χ3n) is 4.26. The number of nitrogens with one attached hydrogen (secondary N) is 2. The molecule has 0 bridgehead atoms. The molecule has 4 aromatic rings. The number of rotatable bonds is 6. The lowest BCUT2D eigenvalue weighted by atomic mass is 10.1. The van der Waals surface area contributed by atoms with E-state index in [2.05, 4.69) is 30.0 Å². The van der Waals surface area contributed by atoms with Crippen molar-refractivity contribution < 1.29 is 27.2 Å². The number of alkyl halides is 3. The Bertz CT molecular complexity index is 1310. The summed E-state index contributed by atoms with van der Waals surface area (Å²) in [7, 11) is 0. The maximum Gasteiger partial charge on any atom is 0.422 e. The normalized spacial score (nSPS) is 11.5. The van der Waals surface area contributed by atoms with Crippen LogP contribution in [0.1, 0.15) is 0 Å². The average Bonchev–Trinajstić information content (AvgIpc) is 3.17. The topological polar surface area (TPSA) is 119 Å². The fraction of sp³-hybridized carbons (Fsp3) is 0.105. The van der Waals surface area contributed by atoms with Crippen molar-refractivity contribution in [2.45, 2.75) is 6.18 Å². The van der Waals surface area contributed by atoms with E-state index in [0.717, 1.165) is 16.5 Å². The Kier molecular flexibility index (Phi) is 5.30. The van der Waals surface area contributed by atoms with Crippen LogP contribution in [0.4, 0.5) is 34.9 Å². The van der Waals surface area contributed by atoms with Crippen LogP contribution in [0.5, 0.6) is 5.88 Å². The number of fused-ring (bicyclic) bond motifs is 1. The molecule has 0 spiro atoms. The molecule has 0 aliphatic heterocycles. The van der Waals surface area contributed by atoms with Crippen molar-refractivity contribution in [1.82, 2.24) is 19.9 Å². The van der Waals surface area contributed by atoms with Crippen molar-refractivity contribution >= 4 is 28.2 Å². The van der Waals surface area contributed by atoms with E-state index >= 15 is 0 Å². The van der Waals surface area contributed by atoms with Crippen LogP contribution in [0.2, 0.25) is 0 Å². The standard InChI is InChI=1S/C19H12F4N6O3/c20-16-15(29(30)31)7-14(17(28-16)32-9-19(21,22)23)27-18-24-6-5-13(26-18)11-8-25-12-4-2-1-3-10(11)12/h1-8,25H,9H2,(H,24,26,27). The zero-order chi connectivity index (χ0) is 22.9. The lowest BCUT2D eigenvalue weighted by Gasteiger charge is -2.13. The van der Waals surface area contributed by atoms with Gasteiger partial charge in [-0.1, -0.05) is 18.2 Å². The molecule has 0 radical (unpaired) electrons. The Morgan fingerprint density at radius 3 is 2.72 bits per heavy atom.